The van der Waals surface area contributed by atoms with Crippen molar-refractivity contribution in [2.45, 2.75) is 6.92 Å². The van der Waals surface area contributed by atoms with Crippen LogP contribution in [0.3, 0.4) is 0 Å². The number of non-ortho nitro benzene ring substituents is 1. The van der Waals surface area contributed by atoms with Gasteiger partial charge in [0.25, 0.3) is 11.6 Å². The van der Waals surface area contributed by atoms with Crippen LogP contribution in [0.15, 0.2) is 54.6 Å². The van der Waals surface area contributed by atoms with E-state index in [0.717, 1.165) is 16.5 Å². The van der Waals surface area contributed by atoms with Crippen LogP contribution in [0.4, 0.5) is 11.4 Å². The fourth-order valence-corrected chi connectivity index (χ4v) is 2.30. The van der Waals surface area contributed by atoms with Gasteiger partial charge in [-0.15, -0.1) is 0 Å². The highest BCUT2D eigenvalue weighted by Crippen LogP contribution is 2.13. The van der Waals surface area contributed by atoms with Crippen LogP contribution >= 0.6 is 0 Å². The van der Waals surface area contributed by atoms with Gasteiger partial charge >= 0.3 is 5.97 Å². The Kier molecular flexibility index (Phi) is 7.81. The van der Waals surface area contributed by atoms with E-state index < -0.39 is 23.4 Å². The first-order valence-electron chi connectivity index (χ1n) is 8.94. The van der Waals surface area contributed by atoms with Crippen molar-refractivity contribution >= 4 is 35.2 Å². The molecule has 0 atom stereocenters. The Bertz CT molecular complexity index is 952. The summed E-state index contributed by atoms with van der Waals surface area (Å²) >= 11 is 0. The maximum atomic E-state index is 12.0. The van der Waals surface area contributed by atoms with Crippen molar-refractivity contribution in [1.29, 1.82) is 0 Å². The molecule has 156 valence electrons. The minimum Gasteiger partial charge on any atom is -0.452 e. The van der Waals surface area contributed by atoms with Crippen LogP contribution in [0.25, 0.3) is 6.08 Å². The molecule has 0 unspecified atom stereocenters. The zero-order valence-electron chi connectivity index (χ0n) is 16.5. The third-order valence-electron chi connectivity index (χ3n) is 4.00. The Hall–Kier alpha value is -4.01. The van der Waals surface area contributed by atoms with E-state index in [2.05, 4.69) is 5.32 Å². The minimum atomic E-state index is -0.751. The predicted octanol–water partition coefficient (Wildman–Crippen LogP) is 2.56. The molecule has 0 saturated heterocycles. The summed E-state index contributed by atoms with van der Waals surface area (Å²) in [5, 5.41) is 13.3. The number of aryl methyl sites for hydroxylation is 1. The number of esters is 1. The predicted molar refractivity (Wildman–Crippen MR) is 111 cm³/mol. The molecule has 0 aliphatic rings. The van der Waals surface area contributed by atoms with Gasteiger partial charge in [0.1, 0.15) is 0 Å². The van der Waals surface area contributed by atoms with E-state index in [0.29, 0.717) is 11.3 Å². The normalized spacial score (nSPS) is 10.5. The molecular formula is C21H21N3O6. The summed E-state index contributed by atoms with van der Waals surface area (Å²) in [5.41, 5.74) is 2.18. The van der Waals surface area contributed by atoms with Crippen LogP contribution in [-0.2, 0) is 19.1 Å². The second-order valence-electron chi connectivity index (χ2n) is 6.45. The number of carbonyl (C=O) groups is 3. The molecule has 0 aliphatic heterocycles. The number of benzene rings is 2. The van der Waals surface area contributed by atoms with E-state index in [1.807, 2.05) is 19.1 Å². The first kappa shape index (κ1) is 22.3. The van der Waals surface area contributed by atoms with Gasteiger partial charge in [0.05, 0.1) is 11.5 Å². The summed E-state index contributed by atoms with van der Waals surface area (Å²) in [6.07, 6.45) is 2.52. The molecule has 1 N–H and O–H groups in total. The first-order valence-corrected chi connectivity index (χ1v) is 8.94. The molecule has 0 fully saturated rings. The van der Waals surface area contributed by atoms with Gasteiger partial charge in [-0.2, -0.15) is 0 Å². The molecule has 0 aliphatic carbocycles. The molecule has 30 heavy (non-hydrogen) atoms. The summed E-state index contributed by atoms with van der Waals surface area (Å²) in [6.45, 7) is 1.22. The van der Waals surface area contributed by atoms with Gasteiger partial charge in [-0.25, -0.2) is 4.79 Å². The van der Waals surface area contributed by atoms with Gasteiger partial charge < -0.3 is 15.0 Å². The van der Waals surface area contributed by atoms with E-state index in [1.165, 1.54) is 37.4 Å². The average Bonchev–Trinajstić information content (AvgIpc) is 2.72. The van der Waals surface area contributed by atoms with Crippen molar-refractivity contribution in [3.05, 3.63) is 75.8 Å². The molecule has 0 aromatic heterocycles. The lowest BCUT2D eigenvalue weighted by atomic mass is 10.2. The van der Waals surface area contributed by atoms with Gasteiger partial charge in [-0.3, -0.25) is 19.7 Å². The number of carbonyl (C=O) groups excluding carboxylic acids is 3. The van der Waals surface area contributed by atoms with E-state index in [9.17, 15) is 24.5 Å². The Balaban J connectivity index is 1.76. The zero-order chi connectivity index (χ0) is 22.1. The zero-order valence-corrected chi connectivity index (χ0v) is 16.5. The monoisotopic (exact) mass is 411 g/mol. The van der Waals surface area contributed by atoms with Crippen LogP contribution in [-0.4, -0.2) is 47.8 Å². The fourth-order valence-electron chi connectivity index (χ4n) is 2.30. The molecule has 0 saturated carbocycles. The molecule has 2 aromatic rings. The van der Waals surface area contributed by atoms with Crippen LogP contribution in [0.1, 0.15) is 11.1 Å². The Labute approximate surface area is 173 Å². The van der Waals surface area contributed by atoms with E-state index in [1.54, 1.807) is 12.1 Å². The summed E-state index contributed by atoms with van der Waals surface area (Å²) in [5.74, 6) is -1.66. The lowest BCUT2D eigenvalue weighted by Gasteiger charge is -2.16. The number of likely N-dealkylation sites (N-methyl/N-ethyl adjacent to an activating group) is 1. The highest BCUT2D eigenvalue weighted by Gasteiger charge is 2.14. The topological polar surface area (TPSA) is 119 Å². The van der Waals surface area contributed by atoms with Crippen LogP contribution < -0.4 is 5.32 Å². The van der Waals surface area contributed by atoms with Gasteiger partial charge in [0.15, 0.2) is 6.61 Å². The number of anilines is 1. The van der Waals surface area contributed by atoms with E-state index >= 15 is 0 Å². The van der Waals surface area contributed by atoms with Gasteiger partial charge in [-0.1, -0.05) is 17.7 Å². The number of ether oxygens (including phenoxy) is 1. The number of nitrogens with one attached hydrogen (secondary N) is 1. The van der Waals surface area contributed by atoms with Crippen molar-refractivity contribution in [1.82, 2.24) is 4.90 Å². The third kappa shape index (κ3) is 7.19. The lowest BCUT2D eigenvalue weighted by Crippen LogP contribution is -2.37. The maximum Gasteiger partial charge on any atom is 0.331 e. The van der Waals surface area contributed by atoms with Crippen molar-refractivity contribution in [3.8, 4) is 0 Å². The summed E-state index contributed by atoms with van der Waals surface area (Å²) in [4.78, 5) is 47.0. The van der Waals surface area contributed by atoms with Crippen molar-refractivity contribution < 1.29 is 24.0 Å². The largest absolute Gasteiger partial charge is 0.452 e. The Morgan fingerprint density at radius 2 is 1.73 bits per heavy atom. The molecule has 2 rings (SSSR count). The molecule has 9 nitrogen and oxygen atoms in total. The SMILES string of the molecule is Cc1ccc(NC(=O)CN(C)C(=O)COC(=O)/C=C/c2ccc([N+](=O)[O-])cc2)cc1. The van der Waals surface area contributed by atoms with Crippen molar-refractivity contribution in [2.75, 3.05) is 25.5 Å². The Morgan fingerprint density at radius 1 is 1.10 bits per heavy atom. The van der Waals surface area contributed by atoms with Crippen molar-refractivity contribution in [2.24, 2.45) is 0 Å². The van der Waals surface area contributed by atoms with Crippen LogP contribution in [0, 0.1) is 17.0 Å². The molecular weight excluding hydrogens is 390 g/mol. The highest BCUT2D eigenvalue weighted by molar-refractivity contribution is 5.95. The molecule has 0 spiro atoms. The number of hydrogen-bond acceptors (Lipinski definition) is 6. The molecule has 9 heteroatoms. The van der Waals surface area contributed by atoms with Gasteiger partial charge in [0.2, 0.25) is 5.91 Å². The molecule has 0 bridgehead atoms. The second-order valence-corrected chi connectivity index (χ2v) is 6.45. The maximum absolute atomic E-state index is 12.0. The standard InChI is InChI=1S/C21H21N3O6/c1-15-3-8-17(9-4-15)22-19(25)13-23(2)20(26)14-30-21(27)12-7-16-5-10-18(11-6-16)24(28)29/h3-12H,13-14H2,1-2H3,(H,22,25)/b12-7+. The molecule has 0 heterocycles. The molecule has 2 amide bonds. The average molecular weight is 411 g/mol. The number of nitro benzene ring substituents is 1. The lowest BCUT2D eigenvalue weighted by molar-refractivity contribution is -0.384. The number of rotatable bonds is 8. The second kappa shape index (κ2) is 10.5. The van der Waals surface area contributed by atoms with Gasteiger partial charge in [0, 0.05) is 30.9 Å². The smallest absolute Gasteiger partial charge is 0.331 e. The molecule has 2 aromatic carbocycles. The summed E-state index contributed by atoms with van der Waals surface area (Å²) in [7, 11) is 1.43. The first-order chi connectivity index (χ1) is 14.2. The van der Waals surface area contributed by atoms with E-state index in [-0.39, 0.29) is 18.1 Å². The fraction of sp³-hybridized carbons (Fsp3) is 0.190. The summed E-state index contributed by atoms with van der Waals surface area (Å²) in [6, 6.07) is 12.8. The molecule has 0 radical (unpaired) electrons. The van der Waals surface area contributed by atoms with Crippen LogP contribution in [0.5, 0.6) is 0 Å². The third-order valence-corrected chi connectivity index (χ3v) is 4.00. The van der Waals surface area contributed by atoms with Gasteiger partial charge in [-0.05, 0) is 42.8 Å². The Morgan fingerprint density at radius 3 is 2.33 bits per heavy atom. The highest BCUT2D eigenvalue weighted by atomic mass is 16.6. The minimum absolute atomic E-state index is 0.0604. The van der Waals surface area contributed by atoms with E-state index in [4.69, 9.17) is 4.74 Å². The number of amides is 2. The number of nitro groups is 1. The quantitative estimate of drug-likeness (QED) is 0.309. The van der Waals surface area contributed by atoms with Crippen molar-refractivity contribution in [3.63, 3.8) is 0 Å². The number of nitrogens with zero attached hydrogens (tertiary/aromatic N) is 2. The number of hydrogen-bond donors (Lipinski definition) is 1. The van der Waals surface area contributed by atoms with Crippen LogP contribution in [0.2, 0.25) is 0 Å². The summed E-state index contributed by atoms with van der Waals surface area (Å²) < 4.78 is 4.86.